The smallest absolute Gasteiger partial charge is 0.404 e. The van der Waals surface area contributed by atoms with Gasteiger partial charge in [0.1, 0.15) is 0 Å². The number of carbonyl (C=O) groups is 2. The van der Waals surface area contributed by atoms with Gasteiger partial charge in [0.05, 0.1) is 24.2 Å². The van der Waals surface area contributed by atoms with Crippen molar-refractivity contribution in [2.45, 2.75) is 105 Å². The molecule has 0 unspecified atom stereocenters. The second kappa shape index (κ2) is 12.4. The van der Waals surface area contributed by atoms with Gasteiger partial charge in [-0.1, -0.05) is 73.4 Å². The maximum Gasteiger partial charge on any atom is 0.481 e. The minimum absolute atomic E-state index is 0.0507. The number of amides is 1. The van der Waals surface area contributed by atoms with Gasteiger partial charge in [0, 0.05) is 43.1 Å². The lowest BCUT2D eigenvalue weighted by molar-refractivity contribution is -0.199. The van der Waals surface area contributed by atoms with Crippen molar-refractivity contribution in [2.24, 2.45) is 35.0 Å². The van der Waals surface area contributed by atoms with E-state index in [4.69, 9.17) is 9.31 Å². The molecule has 1 N–H and O–H groups in total. The lowest BCUT2D eigenvalue weighted by Crippen LogP contribution is -2.65. The first kappa shape index (κ1) is 33.2. The van der Waals surface area contributed by atoms with Crippen LogP contribution in [0.25, 0.3) is 21.8 Å². The Balaban J connectivity index is 1.20. The topological polar surface area (TPSA) is 69.6 Å². The molecule has 3 saturated carbocycles. The van der Waals surface area contributed by atoms with Crippen molar-refractivity contribution in [1.82, 2.24) is 9.88 Å². The zero-order chi connectivity index (χ0) is 32.4. The third kappa shape index (κ3) is 6.20. The molecule has 1 aliphatic heterocycles. The summed E-state index contributed by atoms with van der Waals surface area (Å²) in [4.78, 5) is 27.8. The Morgan fingerprint density at radius 2 is 1.56 bits per heavy atom. The SMILES string of the molecule is CC(C)C[C@H](CC(=O)Cn1c2ccc(Br)cc2c2cc(Br)ccc21)C(=O)N[C@@H](CC(C)C)B1O[C@@H]2C[C@@H]3C[C@@H](C3(C)C)[C@]2(C)O1. The van der Waals surface area contributed by atoms with Crippen molar-refractivity contribution in [3.05, 3.63) is 45.3 Å². The fourth-order valence-electron chi connectivity index (χ4n) is 8.70. The summed E-state index contributed by atoms with van der Waals surface area (Å²) in [6.07, 6.45) is 3.86. The van der Waals surface area contributed by atoms with E-state index < -0.39 is 13.0 Å². The van der Waals surface area contributed by atoms with Crippen LogP contribution >= 0.6 is 31.9 Å². The van der Waals surface area contributed by atoms with Crippen LogP contribution < -0.4 is 5.32 Å². The van der Waals surface area contributed by atoms with Gasteiger partial charge in [0.2, 0.25) is 5.91 Å². The molecule has 45 heavy (non-hydrogen) atoms. The van der Waals surface area contributed by atoms with Crippen LogP contribution in [0, 0.1) is 35.0 Å². The van der Waals surface area contributed by atoms with Gasteiger partial charge in [-0.15, -0.1) is 0 Å². The lowest BCUT2D eigenvalue weighted by Gasteiger charge is -2.64. The Morgan fingerprint density at radius 3 is 2.11 bits per heavy atom. The maximum absolute atomic E-state index is 14.0. The number of fused-ring (bicyclic) bond motifs is 3. The fraction of sp³-hybridized carbons (Fsp3) is 0.611. The second-order valence-corrected chi connectivity index (χ2v) is 17.4. The first-order valence-corrected chi connectivity index (χ1v) is 18.3. The average molecular weight is 742 g/mol. The molecular formula is C36H47BBr2N2O4. The molecule has 9 heteroatoms. The predicted octanol–water partition coefficient (Wildman–Crippen LogP) is 8.74. The van der Waals surface area contributed by atoms with Crippen LogP contribution in [0.4, 0.5) is 0 Å². The van der Waals surface area contributed by atoms with Crippen molar-refractivity contribution < 1.29 is 18.9 Å². The van der Waals surface area contributed by atoms with E-state index in [1.807, 2.05) is 12.1 Å². The van der Waals surface area contributed by atoms with E-state index in [2.05, 4.69) is 114 Å². The van der Waals surface area contributed by atoms with E-state index in [0.717, 1.165) is 43.6 Å². The molecule has 2 bridgehead atoms. The molecule has 2 heterocycles. The highest BCUT2D eigenvalue weighted by Gasteiger charge is 2.68. The molecule has 1 amide bonds. The summed E-state index contributed by atoms with van der Waals surface area (Å²) >= 11 is 7.21. The van der Waals surface area contributed by atoms with Gasteiger partial charge in [-0.25, -0.2) is 0 Å². The summed E-state index contributed by atoms with van der Waals surface area (Å²) in [6, 6.07) is 12.3. The van der Waals surface area contributed by atoms with Crippen LogP contribution in [0.1, 0.15) is 80.6 Å². The predicted molar refractivity (Wildman–Crippen MR) is 189 cm³/mol. The normalized spacial score (nSPS) is 26.7. The number of hydrogen-bond acceptors (Lipinski definition) is 4. The molecule has 3 aromatic rings. The summed E-state index contributed by atoms with van der Waals surface area (Å²) < 4.78 is 17.5. The highest BCUT2D eigenvalue weighted by Crippen LogP contribution is 2.65. The number of ketones is 1. The largest absolute Gasteiger partial charge is 0.481 e. The lowest BCUT2D eigenvalue weighted by atomic mass is 9.43. The Labute approximate surface area is 285 Å². The summed E-state index contributed by atoms with van der Waals surface area (Å²) in [7, 11) is -0.479. The van der Waals surface area contributed by atoms with E-state index >= 15 is 0 Å². The van der Waals surface area contributed by atoms with Gasteiger partial charge < -0.3 is 19.2 Å². The quantitative estimate of drug-likeness (QED) is 0.200. The van der Waals surface area contributed by atoms with E-state index in [1.54, 1.807) is 0 Å². The number of nitrogens with one attached hydrogen (secondary N) is 1. The number of benzene rings is 2. The molecule has 1 saturated heterocycles. The molecule has 6 nitrogen and oxygen atoms in total. The van der Waals surface area contributed by atoms with Gasteiger partial charge in [-0.3, -0.25) is 9.59 Å². The number of halogens is 2. The Kier molecular flexibility index (Phi) is 9.16. The van der Waals surface area contributed by atoms with Crippen molar-refractivity contribution >= 4 is 72.5 Å². The van der Waals surface area contributed by atoms with Crippen LogP contribution in [0.5, 0.6) is 0 Å². The summed E-state index contributed by atoms with van der Waals surface area (Å²) in [6.45, 7) is 15.7. The number of nitrogens with zero attached hydrogens (tertiary/aromatic N) is 1. The average Bonchev–Trinajstić information content (AvgIpc) is 3.45. The Morgan fingerprint density at radius 1 is 0.956 bits per heavy atom. The first-order chi connectivity index (χ1) is 21.2. The molecule has 0 radical (unpaired) electrons. The fourth-order valence-corrected chi connectivity index (χ4v) is 9.43. The summed E-state index contributed by atoms with van der Waals surface area (Å²) in [5, 5.41) is 5.53. The molecule has 2 aromatic carbocycles. The van der Waals surface area contributed by atoms with Gasteiger partial charge in [-0.2, -0.15) is 0 Å². The minimum atomic E-state index is -0.479. The maximum atomic E-state index is 14.0. The van der Waals surface area contributed by atoms with Crippen LogP contribution in [0.3, 0.4) is 0 Å². The number of hydrogen-bond donors (Lipinski definition) is 1. The van der Waals surface area contributed by atoms with E-state index in [-0.39, 0.29) is 53.6 Å². The Hall–Kier alpha value is -1.68. The van der Waals surface area contributed by atoms with Gasteiger partial charge in [0.15, 0.2) is 5.78 Å². The number of rotatable bonds is 11. The third-order valence-electron chi connectivity index (χ3n) is 11.1. The van der Waals surface area contributed by atoms with Crippen molar-refractivity contribution in [3.8, 4) is 0 Å². The number of aromatic nitrogens is 1. The molecule has 242 valence electrons. The second-order valence-electron chi connectivity index (χ2n) is 15.6. The van der Waals surface area contributed by atoms with Gasteiger partial charge in [0.25, 0.3) is 0 Å². The number of carbonyl (C=O) groups excluding carboxylic acids is 2. The molecule has 7 rings (SSSR count). The van der Waals surface area contributed by atoms with E-state index in [9.17, 15) is 9.59 Å². The zero-order valence-electron chi connectivity index (χ0n) is 27.7. The summed E-state index contributed by atoms with van der Waals surface area (Å²) in [5.41, 5.74) is 1.94. The minimum Gasteiger partial charge on any atom is -0.404 e. The van der Waals surface area contributed by atoms with Crippen LogP contribution in [0.2, 0.25) is 0 Å². The van der Waals surface area contributed by atoms with Crippen LogP contribution in [-0.2, 0) is 25.4 Å². The van der Waals surface area contributed by atoms with E-state index in [1.165, 1.54) is 6.42 Å². The van der Waals surface area contributed by atoms with E-state index in [0.29, 0.717) is 24.2 Å². The van der Waals surface area contributed by atoms with Crippen molar-refractivity contribution in [2.75, 3.05) is 0 Å². The monoisotopic (exact) mass is 740 g/mol. The molecule has 1 aromatic heterocycles. The highest BCUT2D eigenvalue weighted by molar-refractivity contribution is 9.10. The molecule has 6 atom stereocenters. The van der Waals surface area contributed by atoms with Crippen LogP contribution in [0.15, 0.2) is 45.3 Å². The molecule has 3 aliphatic carbocycles. The standard InChI is InChI=1S/C36H47BBr2N2O4/c1-20(2)12-22(14-26(42)19-41-29-10-8-24(38)17-27(29)28-18-25(39)9-11-30(28)41)34(43)40-33(13-21(3)4)37-44-32-16-23-15-31(35(23,5)6)36(32,7)45-37/h8-11,17-18,20-23,31-33H,12-16,19H2,1-7H3,(H,40,43)/t22-,23+,31+,32-,33+,36+/m1/s1. The zero-order valence-corrected chi connectivity index (χ0v) is 30.8. The van der Waals surface area contributed by atoms with Gasteiger partial charge >= 0.3 is 7.12 Å². The third-order valence-corrected chi connectivity index (χ3v) is 12.1. The molecule has 0 spiro atoms. The van der Waals surface area contributed by atoms with Crippen molar-refractivity contribution in [1.29, 1.82) is 0 Å². The van der Waals surface area contributed by atoms with Crippen LogP contribution in [-0.4, -0.2) is 41.0 Å². The Bertz CT molecular complexity index is 1560. The first-order valence-electron chi connectivity index (χ1n) is 16.7. The van der Waals surface area contributed by atoms with Crippen molar-refractivity contribution in [3.63, 3.8) is 0 Å². The summed E-state index contributed by atoms with van der Waals surface area (Å²) in [5.74, 6) is 1.04. The van der Waals surface area contributed by atoms with Gasteiger partial charge in [-0.05, 0) is 98.1 Å². The molecular weight excluding hydrogens is 695 g/mol. The molecule has 4 fully saturated rings. The molecule has 4 aliphatic rings. The number of Topliss-reactive ketones (excluding diaryl/α,β-unsaturated/α-hetero) is 1. The highest BCUT2D eigenvalue weighted by atomic mass is 79.9.